The van der Waals surface area contributed by atoms with Crippen molar-refractivity contribution in [3.8, 4) is 0 Å². The summed E-state index contributed by atoms with van der Waals surface area (Å²) >= 11 is 0. The highest BCUT2D eigenvalue weighted by Gasteiger charge is 2.17. The van der Waals surface area contributed by atoms with Crippen molar-refractivity contribution in [1.29, 1.82) is 0 Å². The molecular formula is C20H16F4N2O2. The number of carbonyl (C=O) groups excluding carboxylic acids is 1. The van der Waals surface area contributed by atoms with E-state index in [1.165, 1.54) is 10.6 Å². The second-order valence-electron chi connectivity index (χ2n) is 6.33. The molecule has 0 atom stereocenters. The van der Waals surface area contributed by atoms with Gasteiger partial charge < -0.3 is 9.88 Å². The number of pyridine rings is 1. The molecule has 0 spiro atoms. The van der Waals surface area contributed by atoms with E-state index in [0.717, 1.165) is 30.0 Å². The van der Waals surface area contributed by atoms with E-state index in [0.29, 0.717) is 12.1 Å². The summed E-state index contributed by atoms with van der Waals surface area (Å²) in [5.41, 5.74) is 0.534. The van der Waals surface area contributed by atoms with Gasteiger partial charge in [0.15, 0.2) is 29.1 Å². The number of ketones is 1. The molecule has 0 aliphatic heterocycles. The van der Waals surface area contributed by atoms with Gasteiger partial charge in [-0.1, -0.05) is 13.0 Å². The molecule has 1 aliphatic carbocycles. The molecule has 0 radical (unpaired) electrons. The molecule has 1 heterocycles. The number of carbonyl (C=O) groups is 1. The molecule has 0 saturated heterocycles. The number of allylic oxidation sites excluding steroid dienone is 4. The van der Waals surface area contributed by atoms with Crippen molar-refractivity contribution in [3.63, 3.8) is 0 Å². The van der Waals surface area contributed by atoms with Crippen LogP contribution in [-0.4, -0.2) is 10.4 Å². The van der Waals surface area contributed by atoms with Gasteiger partial charge in [0.25, 0.3) is 0 Å². The van der Waals surface area contributed by atoms with Crippen LogP contribution in [0.25, 0.3) is 0 Å². The molecule has 1 N–H and O–H groups in total. The Labute approximate surface area is 157 Å². The van der Waals surface area contributed by atoms with E-state index < -0.39 is 28.7 Å². The van der Waals surface area contributed by atoms with Crippen LogP contribution in [0.2, 0.25) is 0 Å². The quantitative estimate of drug-likeness (QED) is 0.617. The summed E-state index contributed by atoms with van der Waals surface area (Å²) < 4.78 is 55.2. The van der Waals surface area contributed by atoms with Gasteiger partial charge >= 0.3 is 0 Å². The highest BCUT2D eigenvalue weighted by molar-refractivity contribution is 5.94. The van der Waals surface area contributed by atoms with E-state index >= 15 is 0 Å². The molecule has 2 aromatic rings. The van der Waals surface area contributed by atoms with Crippen LogP contribution >= 0.6 is 0 Å². The summed E-state index contributed by atoms with van der Waals surface area (Å²) in [7, 11) is 0. The summed E-state index contributed by atoms with van der Waals surface area (Å²) in [6.07, 6.45) is 4.68. The lowest BCUT2D eigenvalue weighted by atomic mass is 10.0. The maximum absolute atomic E-state index is 13.8. The van der Waals surface area contributed by atoms with Gasteiger partial charge in [0.2, 0.25) is 5.43 Å². The predicted octanol–water partition coefficient (Wildman–Crippen LogP) is 4.06. The number of nitrogens with zero attached hydrogens (tertiary/aromatic N) is 1. The first-order valence-electron chi connectivity index (χ1n) is 8.51. The molecule has 0 saturated carbocycles. The minimum atomic E-state index is -1.60. The number of rotatable bonds is 5. The Bertz CT molecular complexity index is 1050. The van der Waals surface area contributed by atoms with Crippen LogP contribution in [0, 0.1) is 23.3 Å². The van der Waals surface area contributed by atoms with E-state index in [9.17, 15) is 27.2 Å². The van der Waals surface area contributed by atoms with Crippen molar-refractivity contribution < 1.29 is 22.4 Å². The van der Waals surface area contributed by atoms with Crippen molar-refractivity contribution in [2.75, 3.05) is 5.32 Å². The normalized spacial score (nSPS) is 14.0. The van der Waals surface area contributed by atoms with Crippen molar-refractivity contribution in [1.82, 2.24) is 4.57 Å². The molecule has 146 valence electrons. The first kappa shape index (κ1) is 19.6. The maximum atomic E-state index is 13.8. The Morgan fingerprint density at radius 3 is 2.32 bits per heavy atom. The lowest BCUT2D eigenvalue weighted by Crippen LogP contribution is -2.19. The zero-order chi connectivity index (χ0) is 20.4. The SMILES string of the molecule is CCC1=C(Nc2cc(=O)c(F)cn2Cc2cc(F)c(F)c(F)c2)CC(=O)C=C1. The van der Waals surface area contributed by atoms with E-state index in [1.54, 1.807) is 6.08 Å². The van der Waals surface area contributed by atoms with Gasteiger partial charge in [-0.2, -0.15) is 0 Å². The van der Waals surface area contributed by atoms with Crippen LogP contribution in [-0.2, 0) is 11.3 Å². The third-order valence-corrected chi connectivity index (χ3v) is 4.35. The van der Waals surface area contributed by atoms with E-state index in [-0.39, 0.29) is 30.1 Å². The van der Waals surface area contributed by atoms with Crippen LogP contribution in [0.4, 0.5) is 23.4 Å². The number of hydrogen-bond acceptors (Lipinski definition) is 3. The number of hydrogen-bond donors (Lipinski definition) is 1. The third-order valence-electron chi connectivity index (χ3n) is 4.35. The standard InChI is InChI=1S/C20H16F4N2O2/c1-2-12-3-4-13(27)7-17(12)25-19-8-18(28)16(23)10-26(19)9-11-5-14(21)20(24)15(22)6-11/h3-6,8,10,25H,2,7,9H2,1H3. The Hall–Kier alpha value is -3.16. The molecule has 0 fully saturated rings. The minimum Gasteiger partial charge on any atom is -0.344 e. The molecular weight excluding hydrogens is 376 g/mol. The van der Waals surface area contributed by atoms with Crippen molar-refractivity contribution in [2.24, 2.45) is 0 Å². The smallest absolute Gasteiger partial charge is 0.219 e. The fourth-order valence-corrected chi connectivity index (χ4v) is 2.93. The lowest BCUT2D eigenvalue weighted by Gasteiger charge is -2.20. The fourth-order valence-electron chi connectivity index (χ4n) is 2.93. The summed E-state index contributed by atoms with van der Waals surface area (Å²) in [4.78, 5) is 23.5. The molecule has 1 aliphatic rings. The molecule has 0 unspecified atom stereocenters. The summed E-state index contributed by atoms with van der Waals surface area (Å²) in [6, 6.07) is 2.58. The van der Waals surface area contributed by atoms with Crippen molar-refractivity contribution in [2.45, 2.75) is 26.3 Å². The van der Waals surface area contributed by atoms with Crippen LogP contribution in [0.1, 0.15) is 25.3 Å². The first-order chi connectivity index (χ1) is 13.3. The average Bonchev–Trinajstić information content (AvgIpc) is 2.64. The minimum absolute atomic E-state index is 0.0341. The van der Waals surface area contributed by atoms with E-state index in [2.05, 4.69) is 5.32 Å². The molecule has 4 nitrogen and oxygen atoms in total. The predicted molar refractivity (Wildman–Crippen MR) is 95.8 cm³/mol. The van der Waals surface area contributed by atoms with Gasteiger partial charge in [-0.15, -0.1) is 0 Å². The Morgan fingerprint density at radius 1 is 1.00 bits per heavy atom. The summed E-state index contributed by atoms with van der Waals surface area (Å²) in [5.74, 6) is -5.40. The zero-order valence-corrected chi connectivity index (χ0v) is 14.9. The number of aromatic nitrogens is 1. The molecule has 28 heavy (non-hydrogen) atoms. The van der Waals surface area contributed by atoms with Gasteiger partial charge in [0, 0.05) is 24.5 Å². The molecule has 0 amide bonds. The summed E-state index contributed by atoms with van der Waals surface area (Å²) in [5, 5.41) is 2.95. The number of benzene rings is 1. The maximum Gasteiger partial charge on any atom is 0.219 e. The second kappa shape index (κ2) is 7.84. The molecule has 1 aromatic heterocycles. The molecule has 8 heteroatoms. The fraction of sp³-hybridized carbons (Fsp3) is 0.200. The van der Waals surface area contributed by atoms with Crippen LogP contribution in [0.3, 0.4) is 0 Å². The average molecular weight is 392 g/mol. The number of nitrogens with one attached hydrogen (secondary N) is 1. The van der Waals surface area contributed by atoms with Crippen molar-refractivity contribution in [3.05, 3.63) is 86.9 Å². The van der Waals surface area contributed by atoms with Crippen molar-refractivity contribution >= 4 is 11.6 Å². The van der Waals surface area contributed by atoms with Gasteiger partial charge in [0.05, 0.1) is 6.42 Å². The summed E-state index contributed by atoms with van der Waals surface area (Å²) in [6.45, 7) is 1.66. The molecule has 1 aromatic carbocycles. The van der Waals surface area contributed by atoms with E-state index in [4.69, 9.17) is 0 Å². The Morgan fingerprint density at radius 2 is 1.68 bits per heavy atom. The monoisotopic (exact) mass is 392 g/mol. The second-order valence-corrected chi connectivity index (χ2v) is 6.33. The highest BCUT2D eigenvalue weighted by atomic mass is 19.2. The van der Waals surface area contributed by atoms with Crippen LogP contribution < -0.4 is 10.7 Å². The van der Waals surface area contributed by atoms with Crippen LogP contribution in [0.15, 0.2) is 52.6 Å². The van der Waals surface area contributed by atoms with Gasteiger partial charge in [-0.3, -0.25) is 9.59 Å². The molecule has 3 rings (SSSR count). The van der Waals surface area contributed by atoms with Gasteiger partial charge in [0.1, 0.15) is 5.82 Å². The largest absolute Gasteiger partial charge is 0.344 e. The van der Waals surface area contributed by atoms with Gasteiger partial charge in [-0.05, 0) is 35.8 Å². The third kappa shape index (κ3) is 4.05. The topological polar surface area (TPSA) is 51.1 Å². The lowest BCUT2D eigenvalue weighted by molar-refractivity contribution is -0.114. The Balaban J connectivity index is 2.02. The Kier molecular flexibility index (Phi) is 5.48. The highest BCUT2D eigenvalue weighted by Crippen LogP contribution is 2.23. The van der Waals surface area contributed by atoms with Gasteiger partial charge in [-0.25, -0.2) is 17.6 Å². The van der Waals surface area contributed by atoms with Crippen LogP contribution in [0.5, 0.6) is 0 Å². The number of anilines is 1. The number of halogens is 4. The first-order valence-corrected chi connectivity index (χ1v) is 8.51. The zero-order valence-electron chi connectivity index (χ0n) is 14.9. The van der Waals surface area contributed by atoms with E-state index in [1.807, 2.05) is 6.92 Å². The molecule has 0 bridgehead atoms.